The van der Waals surface area contributed by atoms with Crippen LogP contribution in [0.5, 0.6) is 5.88 Å². The van der Waals surface area contributed by atoms with Crippen molar-refractivity contribution in [3.8, 4) is 17.0 Å². The number of anilines is 1. The quantitative estimate of drug-likeness (QED) is 0.677. The fourth-order valence-corrected chi connectivity index (χ4v) is 4.36. The molecule has 0 bridgehead atoms. The van der Waals surface area contributed by atoms with Crippen LogP contribution in [-0.2, 0) is 17.8 Å². The van der Waals surface area contributed by atoms with Gasteiger partial charge in [0.05, 0.1) is 0 Å². The van der Waals surface area contributed by atoms with Gasteiger partial charge in [0.1, 0.15) is 0 Å². The third-order valence-electron chi connectivity index (χ3n) is 6.31. The van der Waals surface area contributed by atoms with E-state index in [0.29, 0.717) is 18.8 Å². The first-order valence-corrected chi connectivity index (χ1v) is 11.2. The molecule has 0 saturated carbocycles. The van der Waals surface area contributed by atoms with E-state index in [-0.39, 0.29) is 5.91 Å². The maximum absolute atomic E-state index is 12.8. The van der Waals surface area contributed by atoms with Gasteiger partial charge in [-0.25, -0.2) is 4.98 Å². The highest BCUT2D eigenvalue weighted by atomic mass is 16.5. The number of likely N-dealkylation sites (N-methyl/N-ethyl adjacent to an activating group) is 1. The molecule has 1 unspecified atom stereocenters. The van der Waals surface area contributed by atoms with Gasteiger partial charge in [-0.2, -0.15) is 0 Å². The number of nitrogens with one attached hydrogen (secondary N) is 1. The summed E-state index contributed by atoms with van der Waals surface area (Å²) in [6, 6.07) is 20.6. The Kier molecular flexibility index (Phi) is 5.77. The molecule has 0 radical (unpaired) electrons. The van der Waals surface area contributed by atoms with Crippen molar-refractivity contribution in [1.82, 2.24) is 15.2 Å². The van der Waals surface area contributed by atoms with Gasteiger partial charge in [0.2, 0.25) is 5.88 Å². The number of benzene rings is 2. The molecule has 6 nitrogen and oxygen atoms in total. The molecule has 164 valence electrons. The second kappa shape index (κ2) is 9.01. The first-order valence-electron chi connectivity index (χ1n) is 11.2. The van der Waals surface area contributed by atoms with Gasteiger partial charge < -0.3 is 19.9 Å². The first-order chi connectivity index (χ1) is 15.7. The molecule has 1 atom stereocenters. The maximum Gasteiger partial charge on any atom is 0.261 e. The van der Waals surface area contributed by atoms with Gasteiger partial charge in [-0.15, -0.1) is 0 Å². The molecule has 32 heavy (non-hydrogen) atoms. The lowest BCUT2D eigenvalue weighted by molar-refractivity contribution is -0.127. The molecular formula is C26H28N4O2. The molecule has 6 heteroatoms. The molecular weight excluding hydrogens is 400 g/mol. The molecule has 1 aromatic heterocycles. The van der Waals surface area contributed by atoms with E-state index in [1.54, 1.807) is 6.20 Å². The van der Waals surface area contributed by atoms with Gasteiger partial charge in [0.15, 0.2) is 6.10 Å². The monoisotopic (exact) mass is 428 g/mol. The predicted molar refractivity (Wildman–Crippen MR) is 126 cm³/mol. The average Bonchev–Trinajstić information content (AvgIpc) is 3.29. The first kappa shape index (κ1) is 20.5. The van der Waals surface area contributed by atoms with Crippen molar-refractivity contribution in [2.75, 3.05) is 38.1 Å². The number of pyridine rings is 1. The largest absolute Gasteiger partial charge is 0.464 e. The summed E-state index contributed by atoms with van der Waals surface area (Å²) in [6.07, 6.45) is 1.72. The van der Waals surface area contributed by atoms with E-state index in [4.69, 9.17) is 4.74 Å². The van der Waals surface area contributed by atoms with Crippen LogP contribution in [-0.4, -0.2) is 55.1 Å². The smallest absolute Gasteiger partial charge is 0.261 e. The lowest BCUT2D eigenvalue weighted by Crippen LogP contribution is -2.44. The SMILES string of the molecule is CN1CCN(c2ccc(CNC(=O)C3Cc4c(-c5ccccc5)ccnc4O3)cc2)CC1. The predicted octanol–water partition coefficient (Wildman–Crippen LogP) is 3.12. The van der Waals surface area contributed by atoms with Gasteiger partial charge in [0, 0.05) is 56.6 Å². The van der Waals surface area contributed by atoms with Gasteiger partial charge in [-0.3, -0.25) is 4.79 Å². The number of piperazine rings is 1. The number of amides is 1. The maximum atomic E-state index is 12.8. The van der Waals surface area contributed by atoms with Crippen LogP contribution in [0.25, 0.3) is 11.1 Å². The molecule has 5 rings (SSSR count). The number of aromatic nitrogens is 1. The molecule has 2 aliphatic heterocycles. The van der Waals surface area contributed by atoms with E-state index in [2.05, 4.69) is 63.5 Å². The summed E-state index contributed by atoms with van der Waals surface area (Å²) >= 11 is 0. The highest BCUT2D eigenvalue weighted by Crippen LogP contribution is 2.35. The van der Waals surface area contributed by atoms with Crippen LogP contribution in [0.3, 0.4) is 0 Å². The van der Waals surface area contributed by atoms with Crippen molar-refractivity contribution in [2.45, 2.75) is 19.1 Å². The second-order valence-electron chi connectivity index (χ2n) is 8.49. The summed E-state index contributed by atoms with van der Waals surface area (Å²) in [4.78, 5) is 21.9. The van der Waals surface area contributed by atoms with E-state index in [0.717, 1.165) is 48.4 Å². The molecule has 0 aliphatic carbocycles. The van der Waals surface area contributed by atoms with E-state index in [1.807, 2.05) is 24.3 Å². The normalized spacial score (nSPS) is 18.2. The molecule has 1 saturated heterocycles. The van der Waals surface area contributed by atoms with Crippen LogP contribution in [0.1, 0.15) is 11.1 Å². The molecule has 1 N–H and O–H groups in total. The Morgan fingerprint density at radius 1 is 1.03 bits per heavy atom. The van der Waals surface area contributed by atoms with Crippen LogP contribution < -0.4 is 15.0 Å². The van der Waals surface area contributed by atoms with Crippen LogP contribution in [0, 0.1) is 0 Å². The highest BCUT2D eigenvalue weighted by molar-refractivity contribution is 5.83. The zero-order valence-electron chi connectivity index (χ0n) is 18.3. The van der Waals surface area contributed by atoms with Crippen molar-refractivity contribution in [3.05, 3.63) is 78.0 Å². The zero-order chi connectivity index (χ0) is 21.9. The molecule has 2 aromatic carbocycles. The fraction of sp³-hybridized carbons (Fsp3) is 0.308. The number of hydrogen-bond acceptors (Lipinski definition) is 5. The summed E-state index contributed by atoms with van der Waals surface area (Å²) in [5.74, 6) is 0.452. The van der Waals surface area contributed by atoms with Crippen molar-refractivity contribution in [3.63, 3.8) is 0 Å². The van der Waals surface area contributed by atoms with Gasteiger partial charge in [0.25, 0.3) is 5.91 Å². The lowest BCUT2D eigenvalue weighted by atomic mass is 9.99. The van der Waals surface area contributed by atoms with Gasteiger partial charge in [-0.05, 0) is 41.9 Å². The molecule has 1 amide bonds. The van der Waals surface area contributed by atoms with Crippen molar-refractivity contribution >= 4 is 11.6 Å². The Labute approximate surface area is 188 Å². The Morgan fingerprint density at radius 3 is 2.53 bits per heavy atom. The minimum absolute atomic E-state index is 0.106. The minimum Gasteiger partial charge on any atom is -0.464 e. The van der Waals surface area contributed by atoms with Crippen molar-refractivity contribution in [2.24, 2.45) is 0 Å². The zero-order valence-corrected chi connectivity index (χ0v) is 18.3. The Morgan fingerprint density at radius 2 is 1.78 bits per heavy atom. The van der Waals surface area contributed by atoms with Crippen LogP contribution in [0.15, 0.2) is 66.9 Å². The topological polar surface area (TPSA) is 57.7 Å². The number of nitrogens with zero attached hydrogens (tertiary/aromatic N) is 3. The number of carbonyl (C=O) groups is 1. The van der Waals surface area contributed by atoms with E-state index >= 15 is 0 Å². The number of rotatable bonds is 5. The highest BCUT2D eigenvalue weighted by Gasteiger charge is 2.32. The summed E-state index contributed by atoms with van der Waals surface area (Å²) in [7, 11) is 2.16. The summed E-state index contributed by atoms with van der Waals surface area (Å²) in [5, 5.41) is 3.03. The summed E-state index contributed by atoms with van der Waals surface area (Å²) < 4.78 is 5.89. The van der Waals surface area contributed by atoms with Crippen molar-refractivity contribution in [1.29, 1.82) is 0 Å². The molecule has 2 aliphatic rings. The Balaban J connectivity index is 1.19. The number of fused-ring (bicyclic) bond motifs is 1. The third-order valence-corrected chi connectivity index (χ3v) is 6.31. The minimum atomic E-state index is -0.549. The third kappa shape index (κ3) is 4.32. The molecule has 3 aromatic rings. The lowest BCUT2D eigenvalue weighted by Gasteiger charge is -2.34. The second-order valence-corrected chi connectivity index (χ2v) is 8.49. The van der Waals surface area contributed by atoms with Crippen LogP contribution in [0.4, 0.5) is 5.69 Å². The molecule has 1 fully saturated rings. The Hall–Kier alpha value is -3.38. The average molecular weight is 429 g/mol. The fourth-order valence-electron chi connectivity index (χ4n) is 4.36. The summed E-state index contributed by atoms with van der Waals surface area (Å²) in [6.45, 7) is 4.75. The number of hydrogen-bond donors (Lipinski definition) is 1. The summed E-state index contributed by atoms with van der Waals surface area (Å²) in [5.41, 5.74) is 5.49. The standard InChI is InChI=1S/C26H28N4O2/c1-29-13-15-30(16-14-29)21-9-7-19(8-10-21)18-28-25(31)24-17-23-22(11-12-27-26(23)32-24)20-5-3-2-4-6-20/h2-12,24H,13-18H2,1H3,(H,28,31). The molecule has 3 heterocycles. The number of ether oxygens (including phenoxy) is 1. The van der Waals surface area contributed by atoms with Gasteiger partial charge >= 0.3 is 0 Å². The Bertz CT molecular complexity index is 1080. The number of carbonyl (C=O) groups excluding carboxylic acids is 1. The van der Waals surface area contributed by atoms with Crippen LogP contribution >= 0.6 is 0 Å². The van der Waals surface area contributed by atoms with E-state index in [9.17, 15) is 4.79 Å². The molecule has 0 spiro atoms. The van der Waals surface area contributed by atoms with E-state index < -0.39 is 6.10 Å². The van der Waals surface area contributed by atoms with Gasteiger partial charge in [-0.1, -0.05) is 42.5 Å². The van der Waals surface area contributed by atoms with Crippen molar-refractivity contribution < 1.29 is 9.53 Å². The van der Waals surface area contributed by atoms with Crippen LogP contribution in [0.2, 0.25) is 0 Å². The van der Waals surface area contributed by atoms with E-state index in [1.165, 1.54) is 5.69 Å².